The van der Waals surface area contributed by atoms with E-state index in [1.54, 1.807) is 0 Å². The summed E-state index contributed by atoms with van der Waals surface area (Å²) in [6.45, 7) is 2.09. The molecule has 0 radical (unpaired) electrons. The lowest BCUT2D eigenvalue weighted by Gasteiger charge is -2.28. The van der Waals surface area contributed by atoms with Gasteiger partial charge >= 0.3 is 0 Å². The van der Waals surface area contributed by atoms with Crippen molar-refractivity contribution in [2.45, 2.75) is 12.8 Å². The quantitative estimate of drug-likeness (QED) is 0.839. The van der Waals surface area contributed by atoms with Crippen molar-refractivity contribution < 1.29 is 0 Å². The number of likely N-dealkylation sites (N-methyl/N-ethyl adjacent to an activating group) is 1. The number of benzene rings is 2. The second-order valence-corrected chi connectivity index (χ2v) is 5.71. The van der Waals surface area contributed by atoms with Gasteiger partial charge in [-0.15, -0.1) is 0 Å². The van der Waals surface area contributed by atoms with Gasteiger partial charge < -0.3 is 9.80 Å². The Morgan fingerprint density at radius 1 is 0.850 bits per heavy atom. The summed E-state index contributed by atoms with van der Waals surface area (Å²) in [6, 6.07) is 17.6. The van der Waals surface area contributed by atoms with Crippen LogP contribution in [-0.2, 0) is 12.8 Å². The summed E-state index contributed by atoms with van der Waals surface area (Å²) in [4.78, 5) is 4.73. The predicted octanol–water partition coefficient (Wildman–Crippen LogP) is 3.48. The normalized spacial score (nSPS) is 13.8. The Morgan fingerprint density at radius 2 is 1.35 bits per heavy atom. The molecule has 0 unspecified atom stereocenters. The number of rotatable bonds is 3. The zero-order chi connectivity index (χ0) is 13.9. The van der Waals surface area contributed by atoms with Crippen LogP contribution in [0, 0.1) is 0 Å². The molecule has 0 aliphatic carbocycles. The molecule has 1 aliphatic heterocycles. The molecule has 0 aromatic heterocycles. The topological polar surface area (TPSA) is 6.48 Å². The van der Waals surface area contributed by atoms with Crippen LogP contribution in [0.2, 0.25) is 0 Å². The molecule has 1 heterocycles. The second kappa shape index (κ2) is 5.68. The molecule has 0 amide bonds. The summed E-state index contributed by atoms with van der Waals surface area (Å²) in [5, 5.41) is 0. The van der Waals surface area contributed by atoms with Gasteiger partial charge in [0.25, 0.3) is 0 Å². The van der Waals surface area contributed by atoms with Crippen molar-refractivity contribution in [3.05, 3.63) is 59.7 Å². The number of para-hydroxylation sites is 2. The molecule has 20 heavy (non-hydrogen) atoms. The molecule has 3 rings (SSSR count). The Morgan fingerprint density at radius 3 is 1.85 bits per heavy atom. The molecule has 2 aromatic carbocycles. The van der Waals surface area contributed by atoms with Crippen LogP contribution < -0.4 is 4.90 Å². The van der Waals surface area contributed by atoms with Crippen molar-refractivity contribution in [2.24, 2.45) is 0 Å². The average Bonchev–Trinajstić information content (AvgIpc) is 2.62. The monoisotopic (exact) mass is 266 g/mol. The van der Waals surface area contributed by atoms with Crippen molar-refractivity contribution in [2.75, 3.05) is 32.1 Å². The Bertz CT molecular complexity index is 542. The van der Waals surface area contributed by atoms with Gasteiger partial charge in [-0.2, -0.15) is 0 Å². The fourth-order valence-corrected chi connectivity index (χ4v) is 2.91. The van der Waals surface area contributed by atoms with Crippen LogP contribution in [-0.4, -0.2) is 32.1 Å². The smallest absolute Gasteiger partial charge is 0.0443 e. The minimum Gasteiger partial charge on any atom is -0.340 e. The standard InChI is InChI=1S/C18H22N2/c1-19(2)13-14-20-17-9-5-3-7-15(17)11-12-16-8-4-6-10-18(16)20/h3-10H,11-14H2,1-2H3. The highest BCUT2D eigenvalue weighted by atomic mass is 15.2. The molecule has 0 spiro atoms. The van der Waals surface area contributed by atoms with E-state index in [2.05, 4.69) is 72.4 Å². The molecule has 0 saturated heterocycles. The minimum atomic E-state index is 1.03. The van der Waals surface area contributed by atoms with Crippen LogP contribution in [0.5, 0.6) is 0 Å². The first-order valence-electron chi connectivity index (χ1n) is 7.34. The molecule has 1 aliphatic rings. The van der Waals surface area contributed by atoms with E-state index < -0.39 is 0 Å². The molecule has 0 saturated carbocycles. The maximum Gasteiger partial charge on any atom is 0.0443 e. The summed E-state index contributed by atoms with van der Waals surface area (Å²) in [7, 11) is 4.27. The third-order valence-electron chi connectivity index (χ3n) is 4.00. The second-order valence-electron chi connectivity index (χ2n) is 5.71. The Labute approximate surface area is 121 Å². The molecular formula is C18H22N2. The average molecular weight is 266 g/mol. The van der Waals surface area contributed by atoms with E-state index in [4.69, 9.17) is 0 Å². The van der Waals surface area contributed by atoms with E-state index >= 15 is 0 Å². The summed E-state index contributed by atoms with van der Waals surface area (Å²) < 4.78 is 0. The minimum absolute atomic E-state index is 1.03. The summed E-state index contributed by atoms with van der Waals surface area (Å²) in [6.07, 6.45) is 2.26. The summed E-state index contributed by atoms with van der Waals surface area (Å²) in [5.41, 5.74) is 5.67. The van der Waals surface area contributed by atoms with Gasteiger partial charge in [0.05, 0.1) is 0 Å². The Kier molecular flexibility index (Phi) is 3.75. The van der Waals surface area contributed by atoms with Gasteiger partial charge in [0.1, 0.15) is 0 Å². The molecule has 2 aromatic rings. The van der Waals surface area contributed by atoms with Crippen molar-refractivity contribution >= 4 is 11.4 Å². The van der Waals surface area contributed by atoms with Crippen molar-refractivity contribution in [1.82, 2.24) is 4.90 Å². The molecule has 2 heteroatoms. The lowest BCUT2D eigenvalue weighted by atomic mass is 10.0. The molecule has 0 bridgehead atoms. The first-order valence-corrected chi connectivity index (χ1v) is 7.34. The third kappa shape index (κ3) is 2.56. The van der Waals surface area contributed by atoms with Crippen LogP contribution >= 0.6 is 0 Å². The summed E-state index contributed by atoms with van der Waals surface area (Å²) >= 11 is 0. The van der Waals surface area contributed by atoms with Crippen molar-refractivity contribution in [3.63, 3.8) is 0 Å². The number of fused-ring (bicyclic) bond motifs is 2. The maximum absolute atomic E-state index is 2.48. The van der Waals surface area contributed by atoms with E-state index in [-0.39, 0.29) is 0 Å². The van der Waals surface area contributed by atoms with Gasteiger partial charge in [0.15, 0.2) is 0 Å². The zero-order valence-corrected chi connectivity index (χ0v) is 12.3. The van der Waals surface area contributed by atoms with Crippen LogP contribution in [0.3, 0.4) is 0 Å². The van der Waals surface area contributed by atoms with E-state index in [1.807, 2.05) is 0 Å². The molecule has 0 atom stereocenters. The van der Waals surface area contributed by atoms with E-state index in [1.165, 1.54) is 22.5 Å². The highest BCUT2D eigenvalue weighted by Crippen LogP contribution is 2.35. The first kappa shape index (κ1) is 13.2. The van der Waals surface area contributed by atoms with Gasteiger partial charge in [-0.1, -0.05) is 36.4 Å². The largest absolute Gasteiger partial charge is 0.340 e. The van der Waals surface area contributed by atoms with E-state index in [9.17, 15) is 0 Å². The fourth-order valence-electron chi connectivity index (χ4n) is 2.91. The molecule has 0 fully saturated rings. The number of aryl methyl sites for hydroxylation is 2. The fraction of sp³-hybridized carbons (Fsp3) is 0.333. The molecular weight excluding hydrogens is 244 g/mol. The van der Waals surface area contributed by atoms with Crippen LogP contribution in [0.4, 0.5) is 11.4 Å². The van der Waals surface area contributed by atoms with Gasteiger partial charge in [-0.05, 0) is 50.2 Å². The first-order chi connectivity index (χ1) is 9.75. The number of hydrogen-bond donors (Lipinski definition) is 0. The van der Waals surface area contributed by atoms with Crippen LogP contribution in [0.15, 0.2) is 48.5 Å². The lowest BCUT2D eigenvalue weighted by molar-refractivity contribution is 0.418. The van der Waals surface area contributed by atoms with Gasteiger partial charge in [0.2, 0.25) is 0 Å². The van der Waals surface area contributed by atoms with E-state index in [0.29, 0.717) is 0 Å². The molecule has 104 valence electrons. The summed E-state index contributed by atoms with van der Waals surface area (Å²) in [5.74, 6) is 0. The number of nitrogens with zero attached hydrogens (tertiary/aromatic N) is 2. The van der Waals surface area contributed by atoms with Gasteiger partial charge in [-0.25, -0.2) is 0 Å². The Balaban J connectivity index is 2.04. The SMILES string of the molecule is CN(C)CCN1c2ccccc2CCc2ccccc21. The van der Waals surface area contributed by atoms with Crippen molar-refractivity contribution in [3.8, 4) is 0 Å². The third-order valence-corrected chi connectivity index (χ3v) is 4.00. The van der Waals surface area contributed by atoms with E-state index in [0.717, 1.165) is 25.9 Å². The lowest BCUT2D eigenvalue weighted by Crippen LogP contribution is -2.28. The highest BCUT2D eigenvalue weighted by molar-refractivity contribution is 5.71. The predicted molar refractivity (Wildman–Crippen MR) is 85.9 cm³/mol. The zero-order valence-electron chi connectivity index (χ0n) is 12.3. The van der Waals surface area contributed by atoms with Crippen LogP contribution in [0.1, 0.15) is 11.1 Å². The Hall–Kier alpha value is -1.80. The number of hydrogen-bond acceptors (Lipinski definition) is 2. The highest BCUT2D eigenvalue weighted by Gasteiger charge is 2.19. The molecule has 0 N–H and O–H groups in total. The number of anilines is 2. The van der Waals surface area contributed by atoms with Crippen LogP contribution in [0.25, 0.3) is 0 Å². The van der Waals surface area contributed by atoms with Gasteiger partial charge in [0, 0.05) is 24.5 Å². The molecule has 2 nitrogen and oxygen atoms in total. The van der Waals surface area contributed by atoms with Crippen molar-refractivity contribution in [1.29, 1.82) is 0 Å². The maximum atomic E-state index is 2.48. The van der Waals surface area contributed by atoms with Gasteiger partial charge in [-0.3, -0.25) is 0 Å².